The maximum atomic E-state index is 10.8. The Hall–Kier alpha value is -0.370. The minimum absolute atomic E-state index is 0.337. The van der Waals surface area contributed by atoms with E-state index >= 15 is 0 Å². The van der Waals surface area contributed by atoms with Gasteiger partial charge in [-0.3, -0.25) is 0 Å². The van der Waals surface area contributed by atoms with Crippen molar-refractivity contribution in [3.63, 3.8) is 0 Å². The molecule has 1 heterocycles. The van der Waals surface area contributed by atoms with Crippen molar-refractivity contribution >= 4 is 5.78 Å². The Balaban J connectivity index is 2.35. The van der Waals surface area contributed by atoms with Crippen molar-refractivity contribution in [1.82, 2.24) is 5.32 Å². The lowest BCUT2D eigenvalue weighted by atomic mass is 9.84. The molecule has 0 bridgehead atoms. The summed E-state index contributed by atoms with van der Waals surface area (Å²) in [6.07, 6.45) is 1.95. The lowest BCUT2D eigenvalue weighted by Crippen LogP contribution is -2.35. The van der Waals surface area contributed by atoms with Crippen LogP contribution in [-0.2, 0) is 4.79 Å². The SMILES string of the molecule is CC(=O)C[C@H]1CCNC[C@H]1C. The molecule has 2 nitrogen and oxygen atoms in total. The van der Waals surface area contributed by atoms with Crippen molar-refractivity contribution in [1.29, 1.82) is 0 Å². The molecular formula is C9H17NO. The molecule has 1 saturated heterocycles. The van der Waals surface area contributed by atoms with Crippen LogP contribution in [0.4, 0.5) is 0 Å². The maximum Gasteiger partial charge on any atom is 0.130 e. The summed E-state index contributed by atoms with van der Waals surface area (Å²) >= 11 is 0. The van der Waals surface area contributed by atoms with Crippen molar-refractivity contribution in [2.75, 3.05) is 13.1 Å². The molecule has 11 heavy (non-hydrogen) atoms. The van der Waals surface area contributed by atoms with E-state index in [0.717, 1.165) is 19.5 Å². The van der Waals surface area contributed by atoms with Crippen LogP contribution in [0.5, 0.6) is 0 Å². The standard InChI is InChI=1S/C9H17NO/c1-7-6-10-4-3-9(7)5-8(2)11/h7,9-10H,3-6H2,1-2H3/t7-,9-/m1/s1. The molecule has 1 N–H and O–H groups in total. The molecular weight excluding hydrogens is 138 g/mol. The summed E-state index contributed by atoms with van der Waals surface area (Å²) in [5, 5.41) is 3.33. The highest BCUT2D eigenvalue weighted by molar-refractivity contribution is 5.75. The van der Waals surface area contributed by atoms with Gasteiger partial charge < -0.3 is 10.1 Å². The molecule has 2 heteroatoms. The molecule has 1 aliphatic rings. The van der Waals surface area contributed by atoms with Crippen LogP contribution in [0.2, 0.25) is 0 Å². The average Bonchev–Trinajstić information content (AvgIpc) is 1.93. The number of piperidine rings is 1. The van der Waals surface area contributed by atoms with Crippen LogP contribution < -0.4 is 5.32 Å². The first-order valence-electron chi connectivity index (χ1n) is 4.40. The van der Waals surface area contributed by atoms with Gasteiger partial charge in [-0.2, -0.15) is 0 Å². The minimum atomic E-state index is 0.337. The monoisotopic (exact) mass is 155 g/mol. The molecule has 1 aliphatic heterocycles. The smallest absolute Gasteiger partial charge is 0.130 e. The highest BCUT2D eigenvalue weighted by atomic mass is 16.1. The lowest BCUT2D eigenvalue weighted by Gasteiger charge is -2.28. The molecule has 0 amide bonds. The van der Waals surface area contributed by atoms with Crippen LogP contribution in [0.15, 0.2) is 0 Å². The van der Waals surface area contributed by atoms with Gasteiger partial charge in [0.1, 0.15) is 5.78 Å². The number of rotatable bonds is 2. The average molecular weight is 155 g/mol. The van der Waals surface area contributed by atoms with Gasteiger partial charge in [0, 0.05) is 6.42 Å². The van der Waals surface area contributed by atoms with Crippen LogP contribution in [0.3, 0.4) is 0 Å². The fourth-order valence-corrected chi connectivity index (χ4v) is 1.74. The summed E-state index contributed by atoms with van der Waals surface area (Å²) in [5.41, 5.74) is 0. The Morgan fingerprint density at radius 3 is 2.91 bits per heavy atom. The summed E-state index contributed by atoms with van der Waals surface area (Å²) in [6.45, 7) is 6.08. The van der Waals surface area contributed by atoms with Crippen LogP contribution in [0, 0.1) is 11.8 Å². The molecule has 0 aromatic carbocycles. The molecule has 0 aliphatic carbocycles. The fraction of sp³-hybridized carbons (Fsp3) is 0.889. The third-order valence-electron chi connectivity index (χ3n) is 2.51. The van der Waals surface area contributed by atoms with E-state index in [1.165, 1.54) is 6.42 Å². The van der Waals surface area contributed by atoms with Gasteiger partial charge in [-0.25, -0.2) is 0 Å². The highest BCUT2D eigenvalue weighted by Crippen LogP contribution is 2.21. The molecule has 2 atom stereocenters. The molecule has 0 saturated carbocycles. The second-order valence-electron chi connectivity index (χ2n) is 3.64. The zero-order chi connectivity index (χ0) is 8.27. The summed E-state index contributed by atoms with van der Waals surface area (Å²) in [7, 11) is 0. The van der Waals surface area contributed by atoms with Gasteiger partial charge in [-0.05, 0) is 38.3 Å². The van der Waals surface area contributed by atoms with Crippen LogP contribution in [0.1, 0.15) is 26.7 Å². The van der Waals surface area contributed by atoms with Gasteiger partial charge in [0.15, 0.2) is 0 Å². The molecule has 0 unspecified atom stereocenters. The maximum absolute atomic E-state index is 10.8. The summed E-state index contributed by atoms with van der Waals surface area (Å²) in [5.74, 6) is 1.64. The summed E-state index contributed by atoms with van der Waals surface area (Å²) in [6, 6.07) is 0. The Bertz CT molecular complexity index is 144. The number of hydrogen-bond acceptors (Lipinski definition) is 2. The normalized spacial score (nSPS) is 31.8. The third-order valence-corrected chi connectivity index (χ3v) is 2.51. The predicted molar refractivity (Wildman–Crippen MR) is 45.4 cm³/mol. The number of ketones is 1. The van der Waals surface area contributed by atoms with Gasteiger partial charge >= 0.3 is 0 Å². The van der Waals surface area contributed by atoms with Crippen LogP contribution in [-0.4, -0.2) is 18.9 Å². The zero-order valence-electron chi connectivity index (χ0n) is 7.39. The number of Topliss-reactive ketones (excluding diaryl/α,β-unsaturated/α-hetero) is 1. The first kappa shape index (κ1) is 8.72. The molecule has 0 spiro atoms. The van der Waals surface area contributed by atoms with E-state index in [2.05, 4.69) is 12.2 Å². The number of carbonyl (C=O) groups is 1. The second-order valence-corrected chi connectivity index (χ2v) is 3.64. The number of hydrogen-bond donors (Lipinski definition) is 1. The minimum Gasteiger partial charge on any atom is -0.316 e. The van der Waals surface area contributed by atoms with E-state index in [0.29, 0.717) is 17.6 Å². The van der Waals surface area contributed by atoms with Gasteiger partial charge in [0.2, 0.25) is 0 Å². The Kier molecular flexibility index (Phi) is 3.06. The first-order chi connectivity index (χ1) is 5.20. The van der Waals surface area contributed by atoms with E-state index < -0.39 is 0 Å². The Morgan fingerprint density at radius 1 is 1.64 bits per heavy atom. The van der Waals surface area contributed by atoms with Gasteiger partial charge in [0.05, 0.1) is 0 Å². The van der Waals surface area contributed by atoms with Gasteiger partial charge in [0.25, 0.3) is 0 Å². The van der Waals surface area contributed by atoms with E-state index in [1.807, 2.05) is 0 Å². The number of nitrogens with one attached hydrogen (secondary N) is 1. The Morgan fingerprint density at radius 2 is 2.36 bits per heavy atom. The third kappa shape index (κ3) is 2.62. The second kappa shape index (κ2) is 3.86. The largest absolute Gasteiger partial charge is 0.316 e. The molecule has 0 radical (unpaired) electrons. The molecule has 1 rings (SSSR count). The van der Waals surface area contributed by atoms with Crippen LogP contribution >= 0.6 is 0 Å². The molecule has 0 aromatic heterocycles. The van der Waals surface area contributed by atoms with Crippen LogP contribution in [0.25, 0.3) is 0 Å². The van der Waals surface area contributed by atoms with Crippen molar-refractivity contribution in [2.45, 2.75) is 26.7 Å². The van der Waals surface area contributed by atoms with Crippen molar-refractivity contribution in [3.05, 3.63) is 0 Å². The van der Waals surface area contributed by atoms with Crippen molar-refractivity contribution in [2.24, 2.45) is 11.8 Å². The van der Waals surface area contributed by atoms with Gasteiger partial charge in [-0.15, -0.1) is 0 Å². The summed E-state index contributed by atoms with van der Waals surface area (Å²) in [4.78, 5) is 10.8. The van der Waals surface area contributed by atoms with E-state index in [4.69, 9.17) is 0 Å². The van der Waals surface area contributed by atoms with E-state index in [1.54, 1.807) is 6.92 Å². The first-order valence-corrected chi connectivity index (χ1v) is 4.40. The Labute approximate surface area is 68.4 Å². The lowest BCUT2D eigenvalue weighted by molar-refractivity contribution is -0.118. The quantitative estimate of drug-likeness (QED) is 0.649. The van der Waals surface area contributed by atoms with E-state index in [9.17, 15) is 4.79 Å². The van der Waals surface area contributed by atoms with E-state index in [-0.39, 0.29) is 0 Å². The van der Waals surface area contributed by atoms with Crippen molar-refractivity contribution in [3.8, 4) is 0 Å². The molecule has 1 fully saturated rings. The van der Waals surface area contributed by atoms with Crippen molar-refractivity contribution < 1.29 is 4.79 Å². The number of carbonyl (C=O) groups excluding carboxylic acids is 1. The fourth-order valence-electron chi connectivity index (χ4n) is 1.74. The zero-order valence-corrected chi connectivity index (χ0v) is 7.39. The topological polar surface area (TPSA) is 29.1 Å². The highest BCUT2D eigenvalue weighted by Gasteiger charge is 2.21. The predicted octanol–water partition coefficient (Wildman–Crippen LogP) is 1.21. The molecule has 0 aromatic rings. The summed E-state index contributed by atoms with van der Waals surface area (Å²) < 4.78 is 0. The van der Waals surface area contributed by atoms with Gasteiger partial charge in [-0.1, -0.05) is 6.92 Å². The molecule has 64 valence electrons.